The zero-order valence-corrected chi connectivity index (χ0v) is 17.9. The Morgan fingerprint density at radius 3 is 2.20 bits per heavy atom. The zero-order valence-electron chi connectivity index (χ0n) is 17.9. The quantitative estimate of drug-likeness (QED) is 0.563. The smallest absolute Gasteiger partial charge is 0.320 e. The van der Waals surface area contributed by atoms with Gasteiger partial charge < -0.3 is 25.5 Å². The molecule has 3 rings (SSSR count). The van der Waals surface area contributed by atoms with E-state index in [1.165, 1.54) is 12.5 Å². The van der Waals surface area contributed by atoms with Gasteiger partial charge in [0.05, 0.1) is 5.56 Å². The number of amides is 1. The van der Waals surface area contributed by atoms with Crippen molar-refractivity contribution in [2.45, 2.75) is 76.8 Å². The van der Waals surface area contributed by atoms with Gasteiger partial charge in [0, 0.05) is 25.2 Å². The summed E-state index contributed by atoms with van der Waals surface area (Å²) < 4.78 is 0. The molecule has 2 aliphatic rings. The average Bonchev–Trinajstić information content (AvgIpc) is 2.72. The lowest BCUT2D eigenvalue weighted by Crippen LogP contribution is -2.52. The van der Waals surface area contributed by atoms with Gasteiger partial charge in [0.2, 0.25) is 0 Å². The largest absolute Gasteiger partial charge is 0.508 e. The number of aliphatic carboxylic acids is 1. The number of rotatable bonds is 6. The van der Waals surface area contributed by atoms with E-state index in [0.29, 0.717) is 31.5 Å². The van der Waals surface area contributed by atoms with Crippen LogP contribution in [-0.4, -0.2) is 57.3 Å². The maximum atomic E-state index is 13.0. The first-order valence-electron chi connectivity index (χ1n) is 11.1. The molecule has 4 N–H and O–H groups in total. The molecule has 0 bridgehead atoms. The summed E-state index contributed by atoms with van der Waals surface area (Å²) in [5, 5.41) is 33.2. The monoisotopic (exact) mass is 418 g/mol. The second-order valence-corrected chi connectivity index (χ2v) is 9.03. The van der Waals surface area contributed by atoms with E-state index < -0.39 is 12.0 Å². The molecule has 1 saturated carbocycles. The number of phenolic OH excluding ortho intramolecular Hbond substituents is 2. The number of carboxylic acids is 1. The van der Waals surface area contributed by atoms with Crippen LogP contribution < -0.4 is 5.32 Å². The fourth-order valence-corrected chi connectivity index (χ4v) is 4.78. The van der Waals surface area contributed by atoms with Crippen LogP contribution in [0.2, 0.25) is 0 Å². The van der Waals surface area contributed by atoms with Crippen LogP contribution in [0.1, 0.15) is 80.6 Å². The van der Waals surface area contributed by atoms with Gasteiger partial charge in [-0.1, -0.05) is 33.1 Å². The van der Waals surface area contributed by atoms with Crippen molar-refractivity contribution in [2.75, 3.05) is 13.1 Å². The van der Waals surface area contributed by atoms with Crippen molar-refractivity contribution in [3.63, 3.8) is 0 Å². The maximum absolute atomic E-state index is 13.0. The maximum Gasteiger partial charge on any atom is 0.320 e. The van der Waals surface area contributed by atoms with Crippen LogP contribution in [-0.2, 0) is 4.79 Å². The van der Waals surface area contributed by atoms with Crippen LogP contribution in [0.4, 0.5) is 0 Å². The lowest BCUT2D eigenvalue weighted by molar-refractivity contribution is -0.141. The molecule has 0 unspecified atom stereocenters. The van der Waals surface area contributed by atoms with Gasteiger partial charge in [-0.2, -0.15) is 0 Å². The summed E-state index contributed by atoms with van der Waals surface area (Å²) in [4.78, 5) is 26.5. The molecular weight excluding hydrogens is 384 g/mol. The Morgan fingerprint density at radius 2 is 1.63 bits per heavy atom. The number of carbonyl (C=O) groups is 2. The number of carboxylic acid groups (broad SMARTS) is 1. The van der Waals surface area contributed by atoms with E-state index in [2.05, 4.69) is 5.32 Å². The summed E-state index contributed by atoms with van der Waals surface area (Å²) in [7, 11) is 0. The van der Waals surface area contributed by atoms with E-state index in [0.717, 1.165) is 25.7 Å². The average molecular weight is 419 g/mol. The Labute approximate surface area is 178 Å². The Kier molecular flexibility index (Phi) is 7.23. The second-order valence-electron chi connectivity index (χ2n) is 9.03. The summed E-state index contributed by atoms with van der Waals surface area (Å²) in [6.07, 6.45) is 6.65. The van der Waals surface area contributed by atoms with Crippen molar-refractivity contribution in [3.8, 4) is 11.5 Å². The lowest BCUT2D eigenvalue weighted by Gasteiger charge is -2.36. The Balaban J connectivity index is 1.61. The van der Waals surface area contributed by atoms with Gasteiger partial charge in [-0.25, -0.2) is 0 Å². The van der Waals surface area contributed by atoms with E-state index in [9.17, 15) is 24.9 Å². The van der Waals surface area contributed by atoms with Crippen molar-refractivity contribution in [3.05, 3.63) is 23.3 Å². The second kappa shape index (κ2) is 9.69. The Hall–Kier alpha value is -2.28. The number of likely N-dealkylation sites (tertiary alicyclic amines) is 1. The lowest BCUT2D eigenvalue weighted by atomic mass is 9.83. The van der Waals surface area contributed by atoms with Crippen molar-refractivity contribution in [2.24, 2.45) is 5.92 Å². The molecule has 1 aliphatic carbocycles. The normalized spacial score (nSPS) is 19.8. The molecule has 1 atom stereocenters. The molecule has 1 aliphatic heterocycles. The van der Waals surface area contributed by atoms with Crippen LogP contribution in [0.5, 0.6) is 11.5 Å². The van der Waals surface area contributed by atoms with Gasteiger partial charge in [0.1, 0.15) is 17.5 Å². The SMILES string of the molecule is CC(C)c1cc(C(=O)N2CCC(N[C@H](C(=O)O)C3CCCCC3)CC2)c(O)cc1O. The number of hydrogen-bond donors (Lipinski definition) is 4. The molecule has 1 aromatic rings. The molecule has 166 valence electrons. The van der Waals surface area contributed by atoms with E-state index in [4.69, 9.17) is 0 Å². The molecular formula is C23H34N2O5. The van der Waals surface area contributed by atoms with Gasteiger partial charge in [0.25, 0.3) is 5.91 Å². The highest BCUT2D eigenvalue weighted by Crippen LogP contribution is 2.33. The van der Waals surface area contributed by atoms with Crippen LogP contribution >= 0.6 is 0 Å². The summed E-state index contributed by atoms with van der Waals surface area (Å²) >= 11 is 0. The third kappa shape index (κ3) is 5.06. The zero-order chi connectivity index (χ0) is 21.8. The summed E-state index contributed by atoms with van der Waals surface area (Å²) in [6.45, 7) is 4.85. The Bertz CT molecular complexity index is 765. The van der Waals surface area contributed by atoms with E-state index in [1.54, 1.807) is 11.0 Å². The van der Waals surface area contributed by atoms with Crippen LogP contribution in [0.25, 0.3) is 0 Å². The number of carbonyl (C=O) groups excluding carboxylic acids is 1. The molecule has 0 aromatic heterocycles. The minimum Gasteiger partial charge on any atom is -0.508 e. The minimum atomic E-state index is -0.782. The van der Waals surface area contributed by atoms with Crippen LogP contribution in [0, 0.1) is 5.92 Å². The molecule has 0 spiro atoms. The molecule has 1 heterocycles. The summed E-state index contributed by atoms with van der Waals surface area (Å²) in [5.41, 5.74) is 0.831. The highest BCUT2D eigenvalue weighted by Gasteiger charge is 2.33. The van der Waals surface area contributed by atoms with Crippen molar-refractivity contribution in [1.82, 2.24) is 10.2 Å². The third-order valence-corrected chi connectivity index (χ3v) is 6.58. The molecule has 1 aromatic carbocycles. The van der Waals surface area contributed by atoms with Crippen molar-refractivity contribution >= 4 is 11.9 Å². The molecule has 0 radical (unpaired) electrons. The molecule has 1 amide bonds. The van der Waals surface area contributed by atoms with Crippen LogP contribution in [0.3, 0.4) is 0 Å². The number of benzene rings is 1. The van der Waals surface area contributed by atoms with Gasteiger partial charge in [-0.05, 0) is 49.1 Å². The number of piperidine rings is 1. The van der Waals surface area contributed by atoms with Crippen molar-refractivity contribution in [1.29, 1.82) is 0 Å². The van der Waals surface area contributed by atoms with E-state index >= 15 is 0 Å². The third-order valence-electron chi connectivity index (χ3n) is 6.58. The number of nitrogens with one attached hydrogen (secondary N) is 1. The van der Waals surface area contributed by atoms with Crippen molar-refractivity contribution < 1.29 is 24.9 Å². The van der Waals surface area contributed by atoms with E-state index in [1.807, 2.05) is 13.8 Å². The predicted octanol–water partition coefficient (Wildman–Crippen LogP) is 3.45. The van der Waals surface area contributed by atoms with E-state index in [-0.39, 0.29) is 40.8 Å². The van der Waals surface area contributed by atoms with Crippen LogP contribution in [0.15, 0.2) is 12.1 Å². The summed E-state index contributed by atoms with van der Waals surface area (Å²) in [6, 6.07) is 2.35. The van der Waals surface area contributed by atoms with Gasteiger partial charge in [-0.15, -0.1) is 0 Å². The number of nitrogens with zero attached hydrogens (tertiary/aromatic N) is 1. The molecule has 1 saturated heterocycles. The standard InChI is InChI=1S/C23H34N2O5/c1-14(2)17-12-18(20(27)13-19(17)26)22(28)25-10-8-16(9-11-25)24-21(23(29)30)15-6-4-3-5-7-15/h12-16,21,24,26-27H,3-11H2,1-2H3,(H,29,30)/t21-/m0/s1. The van der Waals surface area contributed by atoms with Gasteiger partial charge in [0.15, 0.2) is 0 Å². The van der Waals surface area contributed by atoms with Gasteiger partial charge in [-0.3, -0.25) is 9.59 Å². The molecule has 2 fully saturated rings. The Morgan fingerprint density at radius 1 is 1.00 bits per heavy atom. The topological polar surface area (TPSA) is 110 Å². The molecule has 30 heavy (non-hydrogen) atoms. The predicted molar refractivity (Wildman–Crippen MR) is 114 cm³/mol. The van der Waals surface area contributed by atoms with Gasteiger partial charge >= 0.3 is 5.97 Å². The number of hydrogen-bond acceptors (Lipinski definition) is 5. The highest BCUT2D eigenvalue weighted by atomic mass is 16.4. The first-order valence-corrected chi connectivity index (χ1v) is 11.1. The fourth-order valence-electron chi connectivity index (χ4n) is 4.78. The number of aromatic hydroxyl groups is 2. The fraction of sp³-hybridized carbons (Fsp3) is 0.652. The highest BCUT2D eigenvalue weighted by molar-refractivity contribution is 5.97. The number of phenols is 2. The minimum absolute atomic E-state index is 0.00983. The first kappa shape index (κ1) is 22.4. The molecule has 7 nitrogen and oxygen atoms in total. The summed E-state index contributed by atoms with van der Waals surface area (Å²) in [5.74, 6) is -1.06. The molecule has 7 heteroatoms. The first-order chi connectivity index (χ1) is 14.3.